The van der Waals surface area contributed by atoms with Gasteiger partial charge < -0.3 is 10.6 Å². The van der Waals surface area contributed by atoms with Crippen LogP contribution in [0, 0.1) is 11.6 Å². The third kappa shape index (κ3) is 5.48. The molecule has 1 aromatic carbocycles. The first kappa shape index (κ1) is 20.3. The van der Waals surface area contributed by atoms with Crippen LogP contribution < -0.4 is 15.4 Å². The Morgan fingerprint density at radius 1 is 1.27 bits per heavy atom. The molecule has 2 rings (SSSR count). The van der Waals surface area contributed by atoms with E-state index in [-0.39, 0.29) is 17.3 Å². The van der Waals surface area contributed by atoms with Crippen molar-refractivity contribution in [3.8, 4) is 0 Å². The molecular formula is C16H20F2N4O2S2. The van der Waals surface area contributed by atoms with E-state index >= 15 is 0 Å². The number of sulfonamides is 1. The zero-order chi connectivity index (χ0) is 19.2. The summed E-state index contributed by atoms with van der Waals surface area (Å²) in [5.74, 6) is -0.917. The lowest BCUT2D eigenvalue weighted by Gasteiger charge is -2.19. The molecule has 0 saturated carbocycles. The summed E-state index contributed by atoms with van der Waals surface area (Å²) in [5, 5.41) is 7.60. The molecule has 1 unspecified atom stereocenters. The standard InChI is InChI=1S/C16H20F2N4O2S2/c1-11(13-6-5-12(17)10-14(13)18)22-16(19-2)20-7-8-21-26(23,24)15-4-3-9-25-15/h3-6,9-11,21H,7-8H2,1-2H3,(H2,19,20,22). The molecule has 0 saturated heterocycles. The van der Waals surface area contributed by atoms with Gasteiger partial charge >= 0.3 is 0 Å². The van der Waals surface area contributed by atoms with Gasteiger partial charge in [0.15, 0.2) is 5.96 Å². The Kier molecular flexibility index (Phi) is 7.06. The third-order valence-corrected chi connectivity index (χ3v) is 6.33. The number of guanidine groups is 1. The van der Waals surface area contributed by atoms with Crippen LogP contribution in [0.1, 0.15) is 18.5 Å². The molecule has 2 aromatic rings. The number of hydrogen-bond acceptors (Lipinski definition) is 4. The minimum absolute atomic E-state index is 0.153. The van der Waals surface area contributed by atoms with Crippen LogP contribution in [0.4, 0.5) is 8.78 Å². The molecule has 1 aromatic heterocycles. The molecule has 142 valence electrons. The van der Waals surface area contributed by atoms with Crippen molar-refractivity contribution in [1.82, 2.24) is 15.4 Å². The van der Waals surface area contributed by atoms with E-state index < -0.39 is 27.7 Å². The Morgan fingerprint density at radius 3 is 2.65 bits per heavy atom. The highest BCUT2D eigenvalue weighted by molar-refractivity contribution is 7.91. The molecule has 0 aliphatic rings. The zero-order valence-corrected chi connectivity index (χ0v) is 15.9. The fourth-order valence-corrected chi connectivity index (χ4v) is 4.25. The number of nitrogens with zero attached hydrogens (tertiary/aromatic N) is 1. The van der Waals surface area contributed by atoms with Gasteiger partial charge in [-0.2, -0.15) is 0 Å². The van der Waals surface area contributed by atoms with E-state index in [9.17, 15) is 17.2 Å². The first-order valence-corrected chi connectivity index (χ1v) is 10.1. The summed E-state index contributed by atoms with van der Waals surface area (Å²) < 4.78 is 53.5. The van der Waals surface area contributed by atoms with E-state index in [4.69, 9.17) is 0 Å². The third-order valence-electron chi connectivity index (χ3n) is 3.48. The van der Waals surface area contributed by atoms with Gasteiger partial charge in [0.2, 0.25) is 10.0 Å². The molecule has 0 aliphatic heterocycles. The van der Waals surface area contributed by atoms with Crippen LogP contribution in [0.3, 0.4) is 0 Å². The summed E-state index contributed by atoms with van der Waals surface area (Å²) in [7, 11) is -1.97. The molecule has 0 bridgehead atoms. The Bertz CT molecular complexity index is 855. The van der Waals surface area contributed by atoms with Crippen LogP contribution in [-0.2, 0) is 10.0 Å². The van der Waals surface area contributed by atoms with Gasteiger partial charge in [0.25, 0.3) is 0 Å². The van der Waals surface area contributed by atoms with Crippen LogP contribution in [-0.4, -0.2) is 34.5 Å². The van der Waals surface area contributed by atoms with Gasteiger partial charge in [0.05, 0.1) is 6.04 Å². The number of nitrogens with one attached hydrogen (secondary N) is 3. The topological polar surface area (TPSA) is 82.6 Å². The minimum atomic E-state index is -3.51. The Labute approximate surface area is 155 Å². The van der Waals surface area contributed by atoms with Crippen molar-refractivity contribution in [3.63, 3.8) is 0 Å². The zero-order valence-electron chi connectivity index (χ0n) is 14.3. The second-order valence-electron chi connectivity index (χ2n) is 5.36. The van der Waals surface area contributed by atoms with Crippen molar-refractivity contribution in [2.45, 2.75) is 17.2 Å². The molecule has 6 nitrogen and oxygen atoms in total. The van der Waals surface area contributed by atoms with Crippen molar-refractivity contribution in [2.24, 2.45) is 4.99 Å². The Hall–Kier alpha value is -2.04. The summed E-state index contributed by atoms with van der Waals surface area (Å²) in [4.78, 5) is 4.01. The first-order chi connectivity index (χ1) is 12.3. The van der Waals surface area contributed by atoms with Gasteiger partial charge in [-0.3, -0.25) is 4.99 Å². The van der Waals surface area contributed by atoms with E-state index in [0.717, 1.165) is 17.4 Å². The lowest BCUT2D eigenvalue weighted by molar-refractivity contribution is 0.550. The van der Waals surface area contributed by atoms with Gasteiger partial charge in [-0.05, 0) is 24.4 Å². The number of rotatable bonds is 7. The van der Waals surface area contributed by atoms with Crippen LogP contribution in [0.2, 0.25) is 0 Å². The predicted octanol–water partition coefficient (Wildman–Crippen LogP) is 2.23. The Balaban J connectivity index is 1.84. The molecule has 26 heavy (non-hydrogen) atoms. The molecule has 0 amide bonds. The maximum absolute atomic E-state index is 13.8. The van der Waals surface area contributed by atoms with Gasteiger partial charge in [-0.25, -0.2) is 21.9 Å². The number of hydrogen-bond donors (Lipinski definition) is 3. The molecule has 1 heterocycles. The highest BCUT2D eigenvalue weighted by Gasteiger charge is 2.15. The number of benzene rings is 1. The SMILES string of the molecule is CN=C(NCCNS(=O)(=O)c1cccs1)NC(C)c1ccc(F)cc1F. The van der Waals surface area contributed by atoms with E-state index in [1.165, 1.54) is 18.2 Å². The van der Waals surface area contributed by atoms with E-state index in [0.29, 0.717) is 11.5 Å². The van der Waals surface area contributed by atoms with Crippen molar-refractivity contribution in [3.05, 3.63) is 52.9 Å². The maximum atomic E-state index is 13.8. The van der Waals surface area contributed by atoms with Crippen molar-refractivity contribution >= 4 is 27.3 Å². The molecule has 3 N–H and O–H groups in total. The van der Waals surface area contributed by atoms with E-state index in [1.807, 2.05) is 0 Å². The van der Waals surface area contributed by atoms with Crippen molar-refractivity contribution in [2.75, 3.05) is 20.1 Å². The molecular weight excluding hydrogens is 382 g/mol. The molecule has 10 heteroatoms. The average Bonchev–Trinajstić information content (AvgIpc) is 3.13. The van der Waals surface area contributed by atoms with Crippen molar-refractivity contribution in [1.29, 1.82) is 0 Å². The predicted molar refractivity (Wildman–Crippen MR) is 98.8 cm³/mol. The lowest BCUT2D eigenvalue weighted by atomic mass is 10.1. The molecule has 0 spiro atoms. The first-order valence-electron chi connectivity index (χ1n) is 7.79. The summed E-state index contributed by atoms with van der Waals surface area (Å²) in [6, 6.07) is 6.11. The fourth-order valence-electron chi connectivity index (χ4n) is 2.18. The summed E-state index contributed by atoms with van der Waals surface area (Å²) in [5.41, 5.74) is 0.299. The fraction of sp³-hybridized carbons (Fsp3) is 0.312. The molecule has 0 radical (unpaired) electrons. The number of halogens is 2. The smallest absolute Gasteiger partial charge is 0.250 e. The summed E-state index contributed by atoms with van der Waals surface area (Å²) in [6.45, 7) is 2.14. The van der Waals surface area contributed by atoms with Crippen LogP contribution in [0.25, 0.3) is 0 Å². The van der Waals surface area contributed by atoms with Crippen LogP contribution in [0.5, 0.6) is 0 Å². The quantitative estimate of drug-likeness (QED) is 0.377. The number of thiophene rings is 1. The summed E-state index contributed by atoms with van der Waals surface area (Å²) >= 11 is 1.14. The lowest BCUT2D eigenvalue weighted by Crippen LogP contribution is -2.42. The summed E-state index contributed by atoms with van der Waals surface area (Å²) in [6.07, 6.45) is 0. The van der Waals surface area contributed by atoms with Crippen LogP contribution in [0.15, 0.2) is 44.9 Å². The van der Waals surface area contributed by atoms with E-state index in [1.54, 1.807) is 25.4 Å². The largest absolute Gasteiger partial charge is 0.355 e. The second-order valence-corrected chi connectivity index (χ2v) is 8.30. The minimum Gasteiger partial charge on any atom is -0.355 e. The van der Waals surface area contributed by atoms with Gasteiger partial charge in [0.1, 0.15) is 15.8 Å². The monoisotopic (exact) mass is 402 g/mol. The molecule has 0 fully saturated rings. The van der Waals surface area contributed by atoms with Gasteiger partial charge in [-0.15, -0.1) is 11.3 Å². The molecule has 1 atom stereocenters. The van der Waals surface area contributed by atoms with Crippen molar-refractivity contribution < 1.29 is 17.2 Å². The van der Waals surface area contributed by atoms with Gasteiger partial charge in [0, 0.05) is 31.8 Å². The normalized spacial score (nSPS) is 13.5. The maximum Gasteiger partial charge on any atom is 0.250 e. The highest BCUT2D eigenvalue weighted by atomic mass is 32.2. The van der Waals surface area contributed by atoms with Crippen LogP contribution >= 0.6 is 11.3 Å². The second kappa shape index (κ2) is 9.06. The average molecular weight is 402 g/mol. The Morgan fingerprint density at radius 2 is 2.04 bits per heavy atom. The van der Waals surface area contributed by atoms with Gasteiger partial charge in [-0.1, -0.05) is 12.1 Å². The van der Waals surface area contributed by atoms with E-state index in [2.05, 4.69) is 20.3 Å². The number of aliphatic imine (C=N–C) groups is 1. The molecule has 0 aliphatic carbocycles. The highest BCUT2D eigenvalue weighted by Crippen LogP contribution is 2.17.